The van der Waals surface area contributed by atoms with Crippen LogP contribution in [-0.4, -0.2) is 70.8 Å². The van der Waals surface area contributed by atoms with Gasteiger partial charge in [-0.15, -0.1) is 0 Å². The van der Waals surface area contributed by atoms with Gasteiger partial charge in [0.1, 0.15) is 0 Å². The van der Waals surface area contributed by atoms with Gasteiger partial charge in [0, 0.05) is 7.11 Å². The summed E-state index contributed by atoms with van der Waals surface area (Å²) in [7, 11) is 5.95. The van der Waals surface area contributed by atoms with Gasteiger partial charge < -0.3 is 19.5 Å². The van der Waals surface area contributed by atoms with Crippen molar-refractivity contribution in [2.24, 2.45) is 0 Å². The molecule has 0 aromatic carbocycles. The number of nitrogens with one attached hydrogen (secondary N) is 1. The van der Waals surface area contributed by atoms with Gasteiger partial charge in [0.05, 0.1) is 38.2 Å². The zero-order chi connectivity index (χ0) is 14.8. The summed E-state index contributed by atoms with van der Waals surface area (Å²) in [6.45, 7) is 5.92. The minimum atomic E-state index is 0.156. The van der Waals surface area contributed by atoms with E-state index in [1.165, 1.54) is 0 Å². The maximum atomic E-state index is 5.90. The number of methoxy groups -OCH3 is 1. The molecular formula is C15H32N2O3. The molecule has 1 saturated carbocycles. The van der Waals surface area contributed by atoms with Crippen LogP contribution in [0.5, 0.6) is 0 Å². The molecule has 0 aromatic heterocycles. The molecule has 1 N–H and O–H groups in total. The monoisotopic (exact) mass is 288 g/mol. The van der Waals surface area contributed by atoms with Crippen molar-refractivity contribution in [1.29, 1.82) is 0 Å². The van der Waals surface area contributed by atoms with Crippen molar-refractivity contribution in [3.05, 3.63) is 0 Å². The molecule has 0 saturated heterocycles. The van der Waals surface area contributed by atoms with Crippen LogP contribution >= 0.6 is 0 Å². The van der Waals surface area contributed by atoms with E-state index in [0.29, 0.717) is 32.5 Å². The lowest BCUT2D eigenvalue weighted by atomic mass is 9.86. The van der Waals surface area contributed by atoms with E-state index in [1.54, 1.807) is 7.11 Å². The van der Waals surface area contributed by atoms with E-state index in [-0.39, 0.29) is 5.66 Å². The van der Waals surface area contributed by atoms with Crippen molar-refractivity contribution in [2.45, 2.75) is 44.4 Å². The lowest BCUT2D eigenvalue weighted by Crippen LogP contribution is -2.58. The Bertz CT molecular complexity index is 243. The van der Waals surface area contributed by atoms with Crippen LogP contribution in [-0.2, 0) is 14.2 Å². The Kier molecular flexibility index (Phi) is 8.64. The summed E-state index contributed by atoms with van der Waals surface area (Å²) in [6.07, 6.45) is 4.89. The van der Waals surface area contributed by atoms with Crippen LogP contribution in [0.3, 0.4) is 0 Å². The average molecular weight is 288 g/mol. The molecule has 1 rings (SSSR count). The first kappa shape index (κ1) is 17.9. The summed E-state index contributed by atoms with van der Waals surface area (Å²) in [4.78, 5) is 2.41. The second kappa shape index (κ2) is 9.68. The molecular weight excluding hydrogens is 256 g/mol. The zero-order valence-electron chi connectivity index (χ0n) is 13.6. The van der Waals surface area contributed by atoms with Gasteiger partial charge in [-0.05, 0) is 46.3 Å². The van der Waals surface area contributed by atoms with Gasteiger partial charge in [-0.3, -0.25) is 4.90 Å². The van der Waals surface area contributed by atoms with Crippen LogP contribution in [0.4, 0.5) is 0 Å². The number of nitrogens with zero attached hydrogens (tertiary/aromatic N) is 1. The first-order valence-corrected chi connectivity index (χ1v) is 7.77. The van der Waals surface area contributed by atoms with Crippen molar-refractivity contribution >= 4 is 0 Å². The lowest BCUT2D eigenvalue weighted by Gasteiger charge is -2.46. The highest BCUT2D eigenvalue weighted by molar-refractivity contribution is 4.90. The number of rotatable bonds is 10. The van der Waals surface area contributed by atoms with Gasteiger partial charge in [0.2, 0.25) is 0 Å². The van der Waals surface area contributed by atoms with Gasteiger partial charge in [-0.1, -0.05) is 6.92 Å². The molecule has 0 bridgehead atoms. The average Bonchev–Trinajstić information content (AvgIpc) is 2.50. The van der Waals surface area contributed by atoms with E-state index in [4.69, 9.17) is 14.2 Å². The first-order chi connectivity index (χ1) is 9.68. The molecule has 5 nitrogen and oxygen atoms in total. The largest absolute Gasteiger partial charge is 0.382 e. The van der Waals surface area contributed by atoms with E-state index in [2.05, 4.69) is 31.2 Å². The van der Waals surface area contributed by atoms with Gasteiger partial charge >= 0.3 is 0 Å². The Morgan fingerprint density at radius 3 is 2.35 bits per heavy atom. The smallest absolute Gasteiger partial charge is 0.0709 e. The molecule has 1 fully saturated rings. The van der Waals surface area contributed by atoms with Crippen LogP contribution in [0.2, 0.25) is 0 Å². The molecule has 0 radical (unpaired) electrons. The van der Waals surface area contributed by atoms with E-state index in [1.807, 2.05) is 0 Å². The minimum absolute atomic E-state index is 0.156. The third kappa shape index (κ3) is 5.30. The van der Waals surface area contributed by atoms with E-state index in [0.717, 1.165) is 32.2 Å². The molecule has 0 amide bonds. The SMILES string of the molecule is CCN(C)C1(NC)CCC(OCCOCCOC)CC1. The zero-order valence-corrected chi connectivity index (χ0v) is 13.6. The van der Waals surface area contributed by atoms with Gasteiger partial charge in [0.15, 0.2) is 0 Å². The van der Waals surface area contributed by atoms with Gasteiger partial charge in [-0.2, -0.15) is 0 Å². The lowest BCUT2D eigenvalue weighted by molar-refractivity contribution is -0.0496. The predicted molar refractivity (Wildman–Crippen MR) is 81.0 cm³/mol. The molecule has 0 heterocycles. The molecule has 0 aliphatic heterocycles. The third-order valence-electron chi connectivity index (χ3n) is 4.44. The maximum Gasteiger partial charge on any atom is 0.0709 e. The fourth-order valence-electron chi connectivity index (χ4n) is 2.88. The Morgan fingerprint density at radius 2 is 1.80 bits per heavy atom. The highest BCUT2D eigenvalue weighted by Crippen LogP contribution is 2.31. The predicted octanol–water partition coefficient (Wildman–Crippen LogP) is 1.48. The summed E-state index contributed by atoms with van der Waals surface area (Å²) in [5.41, 5.74) is 0.156. The molecule has 0 atom stereocenters. The number of hydrogen-bond donors (Lipinski definition) is 1. The third-order valence-corrected chi connectivity index (χ3v) is 4.44. The van der Waals surface area contributed by atoms with Crippen molar-refractivity contribution in [3.63, 3.8) is 0 Å². The highest BCUT2D eigenvalue weighted by atomic mass is 16.5. The topological polar surface area (TPSA) is 43.0 Å². The summed E-state index contributed by atoms with van der Waals surface area (Å²) in [6, 6.07) is 0. The van der Waals surface area contributed by atoms with Crippen LogP contribution in [0, 0.1) is 0 Å². The number of ether oxygens (including phenoxy) is 3. The molecule has 5 heteroatoms. The molecule has 20 heavy (non-hydrogen) atoms. The van der Waals surface area contributed by atoms with Crippen LogP contribution in [0.25, 0.3) is 0 Å². The fourth-order valence-corrected chi connectivity index (χ4v) is 2.88. The molecule has 120 valence electrons. The molecule has 0 unspecified atom stereocenters. The first-order valence-electron chi connectivity index (χ1n) is 7.77. The van der Waals surface area contributed by atoms with E-state index < -0.39 is 0 Å². The maximum absolute atomic E-state index is 5.90. The van der Waals surface area contributed by atoms with Crippen LogP contribution < -0.4 is 5.32 Å². The Balaban J connectivity index is 2.18. The quantitative estimate of drug-likeness (QED) is 0.487. The Hall–Kier alpha value is -0.200. The second-order valence-corrected chi connectivity index (χ2v) is 5.47. The summed E-state index contributed by atoms with van der Waals surface area (Å²) >= 11 is 0. The molecule has 1 aliphatic rings. The van der Waals surface area contributed by atoms with E-state index >= 15 is 0 Å². The summed E-state index contributed by atoms with van der Waals surface area (Å²) < 4.78 is 16.2. The fraction of sp³-hybridized carbons (Fsp3) is 1.00. The summed E-state index contributed by atoms with van der Waals surface area (Å²) in [5.74, 6) is 0. The van der Waals surface area contributed by atoms with Crippen molar-refractivity contribution in [3.8, 4) is 0 Å². The Morgan fingerprint density at radius 1 is 1.15 bits per heavy atom. The molecule has 0 spiro atoms. The van der Waals surface area contributed by atoms with Gasteiger partial charge in [0.25, 0.3) is 0 Å². The standard InChI is InChI=1S/C15H32N2O3/c1-5-17(3)15(16-2)8-6-14(7-9-15)20-13-12-19-11-10-18-4/h14,16H,5-13H2,1-4H3. The van der Waals surface area contributed by atoms with Crippen molar-refractivity contribution < 1.29 is 14.2 Å². The molecule has 1 aliphatic carbocycles. The van der Waals surface area contributed by atoms with Crippen molar-refractivity contribution in [1.82, 2.24) is 10.2 Å². The summed E-state index contributed by atoms with van der Waals surface area (Å²) in [5, 5.41) is 3.51. The van der Waals surface area contributed by atoms with Crippen LogP contribution in [0.15, 0.2) is 0 Å². The minimum Gasteiger partial charge on any atom is -0.382 e. The highest BCUT2D eigenvalue weighted by Gasteiger charge is 2.36. The second-order valence-electron chi connectivity index (χ2n) is 5.47. The molecule has 0 aromatic rings. The van der Waals surface area contributed by atoms with E-state index in [9.17, 15) is 0 Å². The Labute approximate surface area is 123 Å². The van der Waals surface area contributed by atoms with Gasteiger partial charge in [-0.25, -0.2) is 0 Å². The number of hydrogen-bond acceptors (Lipinski definition) is 5. The normalized spacial score (nSPS) is 27.1. The van der Waals surface area contributed by atoms with Crippen molar-refractivity contribution in [2.75, 3.05) is 54.2 Å². The van der Waals surface area contributed by atoms with Crippen LogP contribution in [0.1, 0.15) is 32.6 Å².